The monoisotopic (exact) mass is 234 g/mol. The molecule has 91 valence electrons. The maximum Gasteiger partial charge on any atom is 0.338 e. The normalized spacial score (nSPS) is 9.71. The van der Waals surface area contributed by atoms with Crippen molar-refractivity contribution in [3.05, 3.63) is 35.4 Å². The highest BCUT2D eigenvalue weighted by Crippen LogP contribution is 2.06. The molecule has 17 heavy (non-hydrogen) atoms. The Morgan fingerprint density at radius 2 is 2.06 bits per heavy atom. The van der Waals surface area contributed by atoms with Gasteiger partial charge in [-0.1, -0.05) is 19.1 Å². The van der Waals surface area contributed by atoms with Gasteiger partial charge in [-0.05, 0) is 30.5 Å². The standard InChI is InChI=1S/C13H16NO3/c1-2-9-17-13(16)12-5-3-11(4-6-12)7-8-14-10-15/h3-6H,2,7-9H2,1H3,(H,14,15). The van der Waals surface area contributed by atoms with Crippen LogP contribution in [-0.4, -0.2) is 25.5 Å². The smallest absolute Gasteiger partial charge is 0.338 e. The van der Waals surface area contributed by atoms with Gasteiger partial charge >= 0.3 is 12.4 Å². The summed E-state index contributed by atoms with van der Waals surface area (Å²) in [6.45, 7) is 2.94. The molecule has 0 aliphatic heterocycles. The largest absolute Gasteiger partial charge is 0.462 e. The molecule has 0 aliphatic rings. The van der Waals surface area contributed by atoms with Crippen molar-refractivity contribution in [1.29, 1.82) is 0 Å². The van der Waals surface area contributed by atoms with E-state index >= 15 is 0 Å². The van der Waals surface area contributed by atoms with Gasteiger partial charge in [0.1, 0.15) is 0 Å². The third kappa shape index (κ3) is 4.68. The van der Waals surface area contributed by atoms with Crippen LogP contribution in [0.1, 0.15) is 29.3 Å². The molecule has 0 heterocycles. The van der Waals surface area contributed by atoms with Crippen molar-refractivity contribution in [1.82, 2.24) is 5.32 Å². The summed E-state index contributed by atoms with van der Waals surface area (Å²) < 4.78 is 5.01. The highest BCUT2D eigenvalue weighted by atomic mass is 16.5. The first-order valence-electron chi connectivity index (χ1n) is 5.64. The van der Waals surface area contributed by atoms with Gasteiger partial charge in [-0.2, -0.15) is 0 Å². The van der Waals surface area contributed by atoms with Gasteiger partial charge in [0.15, 0.2) is 0 Å². The number of hydrogen-bond donors (Lipinski definition) is 1. The van der Waals surface area contributed by atoms with E-state index in [1.165, 1.54) is 0 Å². The molecule has 4 heteroatoms. The molecular weight excluding hydrogens is 218 g/mol. The molecule has 0 bridgehead atoms. The lowest BCUT2D eigenvalue weighted by molar-refractivity contribution is 0.0505. The van der Waals surface area contributed by atoms with Crippen molar-refractivity contribution in [2.45, 2.75) is 19.8 Å². The molecule has 1 aromatic rings. The van der Waals surface area contributed by atoms with E-state index in [0.717, 1.165) is 18.4 Å². The Balaban J connectivity index is 2.49. The summed E-state index contributed by atoms with van der Waals surface area (Å²) in [5.41, 5.74) is 1.61. The molecule has 1 rings (SSSR count). The zero-order valence-electron chi connectivity index (χ0n) is 9.86. The first kappa shape index (κ1) is 13.2. The predicted octanol–water partition coefficient (Wildman–Crippen LogP) is 1.45. The Morgan fingerprint density at radius 3 is 2.65 bits per heavy atom. The lowest BCUT2D eigenvalue weighted by atomic mass is 10.1. The molecule has 1 amide bonds. The first-order valence-corrected chi connectivity index (χ1v) is 5.64. The number of nitrogens with one attached hydrogen (secondary N) is 1. The highest BCUT2D eigenvalue weighted by Gasteiger charge is 2.05. The van der Waals surface area contributed by atoms with Crippen molar-refractivity contribution < 1.29 is 14.3 Å². The van der Waals surface area contributed by atoms with Crippen LogP contribution >= 0.6 is 0 Å². The van der Waals surface area contributed by atoms with Crippen LogP contribution in [0.3, 0.4) is 0 Å². The lowest BCUT2D eigenvalue weighted by Crippen LogP contribution is -2.14. The van der Waals surface area contributed by atoms with Crippen molar-refractivity contribution in [2.24, 2.45) is 0 Å². The molecular formula is C13H16NO3. The number of carbonyl (C=O) groups is 1. The van der Waals surface area contributed by atoms with Gasteiger partial charge in [0.25, 0.3) is 0 Å². The topological polar surface area (TPSA) is 55.4 Å². The molecule has 1 N–H and O–H groups in total. The molecule has 1 radical (unpaired) electrons. The van der Waals surface area contributed by atoms with Crippen LogP contribution in [0, 0.1) is 0 Å². The molecule has 0 aliphatic carbocycles. The minimum Gasteiger partial charge on any atom is -0.462 e. The van der Waals surface area contributed by atoms with Crippen LogP contribution in [-0.2, 0) is 16.0 Å². The summed E-state index contributed by atoms with van der Waals surface area (Å²) in [6.07, 6.45) is 3.16. The Morgan fingerprint density at radius 1 is 1.35 bits per heavy atom. The van der Waals surface area contributed by atoms with Crippen molar-refractivity contribution in [3.63, 3.8) is 0 Å². The number of rotatable bonds is 7. The van der Waals surface area contributed by atoms with E-state index in [9.17, 15) is 9.59 Å². The second-order valence-corrected chi connectivity index (χ2v) is 3.61. The number of hydrogen-bond acceptors (Lipinski definition) is 3. The Bertz CT molecular complexity index is 359. The van der Waals surface area contributed by atoms with E-state index in [-0.39, 0.29) is 5.97 Å². The van der Waals surface area contributed by atoms with Crippen LogP contribution in [0.2, 0.25) is 0 Å². The Labute approximate surface area is 101 Å². The summed E-state index contributed by atoms with van der Waals surface area (Å²) in [5.74, 6) is -0.294. The predicted molar refractivity (Wildman–Crippen MR) is 64.4 cm³/mol. The van der Waals surface area contributed by atoms with Gasteiger partial charge < -0.3 is 10.1 Å². The summed E-state index contributed by atoms with van der Waals surface area (Å²) >= 11 is 0. The molecule has 0 spiro atoms. The van der Waals surface area contributed by atoms with Crippen molar-refractivity contribution in [3.8, 4) is 0 Å². The zero-order chi connectivity index (χ0) is 12.5. The maximum atomic E-state index is 11.5. The van der Waals surface area contributed by atoms with Gasteiger partial charge in [0.05, 0.1) is 12.2 Å². The van der Waals surface area contributed by atoms with Crippen LogP contribution in [0.4, 0.5) is 0 Å². The number of amides is 1. The Hall–Kier alpha value is -1.84. The third-order valence-corrected chi connectivity index (χ3v) is 2.24. The average molecular weight is 234 g/mol. The van der Waals surface area contributed by atoms with E-state index in [4.69, 9.17) is 4.74 Å². The average Bonchev–Trinajstić information content (AvgIpc) is 2.37. The summed E-state index contributed by atoms with van der Waals surface area (Å²) in [4.78, 5) is 21.4. The fraction of sp³-hybridized carbons (Fsp3) is 0.385. The van der Waals surface area contributed by atoms with E-state index in [1.807, 2.05) is 19.1 Å². The Kier molecular flexibility index (Phi) is 5.79. The van der Waals surface area contributed by atoms with E-state index in [0.29, 0.717) is 18.7 Å². The zero-order valence-corrected chi connectivity index (χ0v) is 9.86. The molecule has 0 unspecified atom stereocenters. The lowest BCUT2D eigenvalue weighted by Gasteiger charge is -2.04. The molecule has 0 atom stereocenters. The highest BCUT2D eigenvalue weighted by molar-refractivity contribution is 5.89. The van der Waals surface area contributed by atoms with E-state index < -0.39 is 0 Å². The fourth-order valence-corrected chi connectivity index (χ4v) is 1.34. The van der Waals surface area contributed by atoms with Crippen molar-refractivity contribution >= 4 is 12.4 Å². The van der Waals surface area contributed by atoms with Gasteiger partial charge in [-0.3, -0.25) is 4.79 Å². The van der Waals surface area contributed by atoms with Gasteiger partial charge in [-0.15, -0.1) is 0 Å². The molecule has 1 aromatic carbocycles. The summed E-state index contributed by atoms with van der Waals surface area (Å²) in [5, 5.41) is 2.46. The van der Waals surface area contributed by atoms with E-state index in [2.05, 4.69) is 5.32 Å². The quantitative estimate of drug-likeness (QED) is 0.441. The molecule has 0 aromatic heterocycles. The molecule has 4 nitrogen and oxygen atoms in total. The van der Waals surface area contributed by atoms with Gasteiger partial charge in [0.2, 0.25) is 0 Å². The second kappa shape index (κ2) is 7.44. The number of benzene rings is 1. The molecule has 0 saturated carbocycles. The number of esters is 1. The SMILES string of the molecule is CCCOC(=O)c1ccc(CCN[C]=O)cc1. The number of carbonyl (C=O) groups excluding carboxylic acids is 2. The van der Waals surface area contributed by atoms with Crippen LogP contribution in [0.25, 0.3) is 0 Å². The van der Waals surface area contributed by atoms with Crippen LogP contribution in [0.5, 0.6) is 0 Å². The summed E-state index contributed by atoms with van der Waals surface area (Å²) in [7, 11) is 0. The molecule has 0 fully saturated rings. The van der Waals surface area contributed by atoms with Gasteiger partial charge in [0, 0.05) is 6.54 Å². The maximum absolute atomic E-state index is 11.5. The number of ether oxygens (including phenoxy) is 1. The van der Waals surface area contributed by atoms with Crippen LogP contribution < -0.4 is 5.32 Å². The minimum atomic E-state index is -0.294. The van der Waals surface area contributed by atoms with Gasteiger partial charge in [-0.25, -0.2) is 4.79 Å². The summed E-state index contributed by atoms with van der Waals surface area (Å²) in [6, 6.07) is 7.18. The van der Waals surface area contributed by atoms with Crippen molar-refractivity contribution in [2.75, 3.05) is 13.2 Å². The first-order chi connectivity index (χ1) is 8.27. The third-order valence-electron chi connectivity index (χ3n) is 2.24. The van der Waals surface area contributed by atoms with E-state index in [1.54, 1.807) is 18.5 Å². The van der Waals surface area contributed by atoms with Crippen LogP contribution in [0.15, 0.2) is 24.3 Å². The minimum absolute atomic E-state index is 0.294. The molecule has 0 saturated heterocycles. The second-order valence-electron chi connectivity index (χ2n) is 3.61. The fourth-order valence-electron chi connectivity index (χ4n) is 1.34.